The largest absolute Gasteiger partial charge is 0.364 e. The van der Waals surface area contributed by atoms with E-state index in [1.165, 1.54) is 0 Å². The molecule has 0 saturated heterocycles. The van der Waals surface area contributed by atoms with Crippen LogP contribution in [0.1, 0.15) is 19.8 Å². The van der Waals surface area contributed by atoms with Gasteiger partial charge >= 0.3 is 0 Å². The van der Waals surface area contributed by atoms with Gasteiger partial charge in [-0.2, -0.15) is 0 Å². The first kappa shape index (κ1) is 9.49. The van der Waals surface area contributed by atoms with Gasteiger partial charge in [-0.1, -0.05) is 0 Å². The Hall–Kier alpha value is -0.510. The van der Waals surface area contributed by atoms with Crippen molar-refractivity contribution in [2.24, 2.45) is 0 Å². The first-order chi connectivity index (χ1) is 4.54. The second-order valence-electron chi connectivity index (χ2n) is 2.09. The maximum absolute atomic E-state index is 12.3. The molecule has 60 valence electrons. The molecule has 0 bridgehead atoms. The number of carbonyl (C=O) groups excluding carboxylic acids is 1. The van der Waals surface area contributed by atoms with Crippen LogP contribution in [0.5, 0.6) is 0 Å². The molecule has 2 nitrogen and oxygen atoms in total. The van der Waals surface area contributed by atoms with Gasteiger partial charge in [0.25, 0.3) is 0 Å². The van der Waals surface area contributed by atoms with Crippen LogP contribution >= 0.6 is 0 Å². The molecule has 0 saturated carbocycles. The lowest BCUT2D eigenvalue weighted by atomic mass is 10.1. The number of ketones is 1. The minimum absolute atomic E-state index is 0.243. The van der Waals surface area contributed by atoms with E-state index >= 15 is 0 Å². The Bertz CT molecular complexity index is 114. The van der Waals surface area contributed by atoms with Crippen molar-refractivity contribution in [3.63, 3.8) is 0 Å². The van der Waals surface area contributed by atoms with Crippen LogP contribution in [-0.2, 0) is 4.79 Å². The second-order valence-corrected chi connectivity index (χ2v) is 2.09. The molecule has 0 aliphatic carbocycles. The van der Waals surface area contributed by atoms with Gasteiger partial charge in [0, 0.05) is 6.42 Å². The van der Waals surface area contributed by atoms with E-state index in [2.05, 4.69) is 0 Å². The molecule has 0 aromatic heterocycles. The van der Waals surface area contributed by atoms with Gasteiger partial charge in [0.2, 0.25) is 0 Å². The SMILES string of the molecule is CC(=O)C(F)CCC(O)F. The number of rotatable bonds is 4. The highest BCUT2D eigenvalue weighted by atomic mass is 19.1. The minimum Gasteiger partial charge on any atom is -0.364 e. The molecule has 0 radical (unpaired) electrons. The third-order valence-corrected chi connectivity index (χ3v) is 1.10. The smallest absolute Gasteiger partial charge is 0.196 e. The third-order valence-electron chi connectivity index (χ3n) is 1.10. The fourth-order valence-corrected chi connectivity index (χ4v) is 0.487. The Labute approximate surface area is 57.9 Å². The molecule has 0 heterocycles. The molecule has 2 atom stereocenters. The van der Waals surface area contributed by atoms with Gasteiger partial charge in [0.15, 0.2) is 18.3 Å². The van der Waals surface area contributed by atoms with Gasteiger partial charge in [-0.05, 0) is 13.3 Å². The maximum Gasteiger partial charge on any atom is 0.196 e. The minimum atomic E-state index is -2.02. The first-order valence-corrected chi connectivity index (χ1v) is 3.00. The average molecular weight is 152 g/mol. The summed E-state index contributed by atoms with van der Waals surface area (Å²) in [5, 5.41) is 8.04. The quantitative estimate of drug-likeness (QED) is 0.652. The van der Waals surface area contributed by atoms with E-state index in [9.17, 15) is 13.6 Å². The number of aliphatic hydroxyl groups excluding tert-OH is 1. The molecule has 10 heavy (non-hydrogen) atoms. The summed E-state index contributed by atoms with van der Waals surface area (Å²) in [6, 6.07) is 0. The molecule has 0 aromatic rings. The normalized spacial score (nSPS) is 16.4. The van der Waals surface area contributed by atoms with Crippen molar-refractivity contribution in [2.75, 3.05) is 0 Å². The molecule has 0 fully saturated rings. The number of aliphatic hydroxyl groups is 1. The zero-order chi connectivity index (χ0) is 8.15. The monoisotopic (exact) mass is 152 g/mol. The van der Waals surface area contributed by atoms with Crippen LogP contribution in [0.15, 0.2) is 0 Å². The zero-order valence-corrected chi connectivity index (χ0v) is 5.68. The summed E-state index contributed by atoms with van der Waals surface area (Å²) in [5.41, 5.74) is 0. The molecular weight excluding hydrogens is 142 g/mol. The van der Waals surface area contributed by atoms with Crippen LogP contribution in [0.4, 0.5) is 8.78 Å². The van der Waals surface area contributed by atoms with Crippen LogP contribution in [0.3, 0.4) is 0 Å². The lowest BCUT2D eigenvalue weighted by Crippen LogP contribution is -2.13. The van der Waals surface area contributed by atoms with Crippen LogP contribution in [0.25, 0.3) is 0 Å². The summed E-state index contributed by atoms with van der Waals surface area (Å²) in [7, 11) is 0. The Morgan fingerprint density at radius 2 is 2.00 bits per heavy atom. The van der Waals surface area contributed by atoms with Crippen molar-refractivity contribution in [1.29, 1.82) is 0 Å². The van der Waals surface area contributed by atoms with Crippen LogP contribution in [0, 0.1) is 0 Å². The Kier molecular flexibility index (Phi) is 4.11. The zero-order valence-electron chi connectivity index (χ0n) is 5.68. The van der Waals surface area contributed by atoms with Crippen LogP contribution in [0.2, 0.25) is 0 Å². The van der Waals surface area contributed by atoms with E-state index in [0.29, 0.717) is 0 Å². The van der Waals surface area contributed by atoms with Gasteiger partial charge in [-0.15, -0.1) is 0 Å². The standard InChI is InChI=1S/C6H10F2O2/c1-4(9)5(7)2-3-6(8)10/h5-6,10H,2-3H2,1H3. The fourth-order valence-electron chi connectivity index (χ4n) is 0.487. The summed E-state index contributed by atoms with van der Waals surface area (Å²) in [6.07, 6.45) is -4.21. The molecular formula is C6H10F2O2. The number of hydrogen-bond acceptors (Lipinski definition) is 2. The van der Waals surface area contributed by atoms with Crippen molar-refractivity contribution in [1.82, 2.24) is 0 Å². The van der Waals surface area contributed by atoms with E-state index in [-0.39, 0.29) is 12.8 Å². The Morgan fingerprint density at radius 3 is 2.30 bits per heavy atom. The van der Waals surface area contributed by atoms with Gasteiger partial charge < -0.3 is 5.11 Å². The lowest BCUT2D eigenvalue weighted by Gasteiger charge is -2.02. The van der Waals surface area contributed by atoms with Crippen molar-refractivity contribution in [2.45, 2.75) is 32.3 Å². The summed E-state index contributed by atoms with van der Waals surface area (Å²) in [6.45, 7) is 1.09. The third kappa shape index (κ3) is 4.38. The Morgan fingerprint density at radius 1 is 1.50 bits per heavy atom. The lowest BCUT2D eigenvalue weighted by molar-refractivity contribution is -0.122. The topological polar surface area (TPSA) is 37.3 Å². The van der Waals surface area contributed by atoms with Gasteiger partial charge in [0.05, 0.1) is 0 Å². The van der Waals surface area contributed by atoms with E-state index < -0.39 is 18.3 Å². The summed E-state index contributed by atoms with van der Waals surface area (Å²) in [4.78, 5) is 10.2. The maximum atomic E-state index is 12.3. The number of alkyl halides is 2. The Balaban J connectivity index is 3.40. The highest BCUT2D eigenvalue weighted by Gasteiger charge is 2.13. The average Bonchev–Trinajstić information content (AvgIpc) is 1.82. The summed E-state index contributed by atoms with van der Waals surface area (Å²) < 4.78 is 23.9. The second kappa shape index (κ2) is 4.33. The van der Waals surface area contributed by atoms with Gasteiger partial charge in [0.1, 0.15) is 0 Å². The van der Waals surface area contributed by atoms with Crippen molar-refractivity contribution in [3.8, 4) is 0 Å². The van der Waals surface area contributed by atoms with E-state index in [1.54, 1.807) is 0 Å². The van der Waals surface area contributed by atoms with Crippen LogP contribution < -0.4 is 0 Å². The predicted molar refractivity (Wildman–Crippen MR) is 31.9 cm³/mol. The van der Waals surface area contributed by atoms with E-state index in [0.717, 1.165) is 6.92 Å². The fraction of sp³-hybridized carbons (Fsp3) is 0.833. The summed E-state index contributed by atoms with van der Waals surface area (Å²) in [5.74, 6) is -0.624. The summed E-state index contributed by atoms with van der Waals surface area (Å²) >= 11 is 0. The number of hydrogen-bond donors (Lipinski definition) is 1. The highest BCUT2D eigenvalue weighted by molar-refractivity contribution is 5.80. The van der Waals surface area contributed by atoms with Crippen molar-refractivity contribution in [3.05, 3.63) is 0 Å². The molecule has 0 spiro atoms. The van der Waals surface area contributed by atoms with Crippen molar-refractivity contribution >= 4 is 5.78 Å². The molecule has 0 aliphatic heterocycles. The van der Waals surface area contributed by atoms with E-state index in [1.807, 2.05) is 0 Å². The molecule has 0 aromatic carbocycles. The van der Waals surface area contributed by atoms with Crippen LogP contribution in [-0.4, -0.2) is 23.4 Å². The highest BCUT2D eigenvalue weighted by Crippen LogP contribution is 2.06. The first-order valence-electron chi connectivity index (χ1n) is 3.00. The molecule has 0 rings (SSSR count). The molecule has 1 N–H and O–H groups in total. The van der Waals surface area contributed by atoms with Crippen molar-refractivity contribution < 1.29 is 18.7 Å². The number of Topliss-reactive ketones (excluding diaryl/α,β-unsaturated/α-hetero) is 1. The predicted octanol–water partition coefficient (Wildman–Crippen LogP) is 0.982. The van der Waals surface area contributed by atoms with Gasteiger partial charge in [-0.25, -0.2) is 8.78 Å². The molecule has 4 heteroatoms. The number of carbonyl (C=O) groups is 1. The molecule has 2 unspecified atom stereocenters. The van der Waals surface area contributed by atoms with Gasteiger partial charge in [-0.3, -0.25) is 4.79 Å². The number of halogens is 2. The van der Waals surface area contributed by atoms with E-state index in [4.69, 9.17) is 5.11 Å². The molecule has 0 aliphatic rings. The molecule has 0 amide bonds.